The highest BCUT2D eigenvalue weighted by Crippen LogP contribution is 2.29. The van der Waals surface area contributed by atoms with Crippen LogP contribution in [0.4, 0.5) is 5.69 Å². The van der Waals surface area contributed by atoms with E-state index in [1.807, 2.05) is 0 Å². The van der Waals surface area contributed by atoms with Crippen LogP contribution in [-0.2, 0) is 0 Å². The molecule has 1 saturated heterocycles. The summed E-state index contributed by atoms with van der Waals surface area (Å²) in [4.78, 5) is 2.62. The molecule has 1 heterocycles. The van der Waals surface area contributed by atoms with Crippen LogP contribution in [0.15, 0.2) is 24.3 Å². The minimum atomic E-state index is 0.721. The van der Waals surface area contributed by atoms with Crippen LogP contribution >= 0.6 is 0 Å². The van der Waals surface area contributed by atoms with Crippen molar-refractivity contribution in [2.24, 2.45) is 0 Å². The molecule has 2 nitrogen and oxygen atoms in total. The van der Waals surface area contributed by atoms with Crippen LogP contribution in [0.3, 0.4) is 0 Å². The Morgan fingerprint density at radius 1 is 1.12 bits per heavy atom. The number of anilines is 1. The Hall–Kier alpha value is -1.02. The molecule has 1 aromatic carbocycles. The van der Waals surface area contributed by atoms with E-state index in [0.29, 0.717) is 0 Å². The molecule has 17 heavy (non-hydrogen) atoms. The van der Waals surface area contributed by atoms with Crippen molar-refractivity contribution in [3.63, 3.8) is 0 Å². The minimum absolute atomic E-state index is 0.721. The van der Waals surface area contributed by atoms with Crippen LogP contribution < -0.4 is 10.2 Å². The van der Waals surface area contributed by atoms with Gasteiger partial charge in [-0.3, -0.25) is 0 Å². The molecule has 2 fully saturated rings. The van der Waals surface area contributed by atoms with Crippen LogP contribution in [0.2, 0.25) is 0 Å². The van der Waals surface area contributed by atoms with Gasteiger partial charge in [-0.1, -0.05) is 30.5 Å². The molecule has 1 aliphatic carbocycles. The summed E-state index contributed by atoms with van der Waals surface area (Å²) in [5.41, 5.74) is 2.76. The normalized spacial score (nSPS) is 28.9. The first-order chi connectivity index (χ1) is 8.34. The maximum Gasteiger partial charge on any atom is 0.0443 e. The third-order valence-corrected chi connectivity index (χ3v) is 4.25. The summed E-state index contributed by atoms with van der Waals surface area (Å²) in [6, 6.07) is 10.5. The van der Waals surface area contributed by atoms with E-state index < -0.39 is 0 Å². The molecule has 0 amide bonds. The lowest BCUT2D eigenvalue weighted by atomic mass is 9.87. The van der Waals surface area contributed by atoms with E-state index >= 15 is 0 Å². The lowest BCUT2D eigenvalue weighted by molar-refractivity contribution is 0.284. The Bertz CT molecular complexity index is 369. The molecule has 0 radical (unpaired) electrons. The van der Waals surface area contributed by atoms with Crippen LogP contribution in [0.25, 0.3) is 0 Å². The van der Waals surface area contributed by atoms with E-state index in [9.17, 15) is 0 Å². The molecule has 0 spiro atoms. The smallest absolute Gasteiger partial charge is 0.0443 e. The van der Waals surface area contributed by atoms with E-state index in [4.69, 9.17) is 0 Å². The Kier molecular flexibility index (Phi) is 3.06. The summed E-state index contributed by atoms with van der Waals surface area (Å²) < 4.78 is 0. The maximum absolute atomic E-state index is 3.69. The molecule has 2 heteroatoms. The lowest BCUT2D eigenvalue weighted by Crippen LogP contribution is -2.59. The van der Waals surface area contributed by atoms with E-state index in [-0.39, 0.29) is 0 Å². The van der Waals surface area contributed by atoms with Crippen molar-refractivity contribution >= 4 is 5.69 Å². The van der Waals surface area contributed by atoms with Gasteiger partial charge in [0, 0.05) is 30.9 Å². The number of rotatable bonds is 1. The van der Waals surface area contributed by atoms with Gasteiger partial charge in [0.25, 0.3) is 0 Å². The van der Waals surface area contributed by atoms with Crippen molar-refractivity contribution < 1.29 is 0 Å². The second-order valence-corrected chi connectivity index (χ2v) is 5.44. The van der Waals surface area contributed by atoms with Crippen molar-refractivity contribution in [3.05, 3.63) is 29.8 Å². The van der Waals surface area contributed by atoms with E-state index in [2.05, 4.69) is 41.4 Å². The van der Waals surface area contributed by atoms with Crippen LogP contribution in [0.1, 0.15) is 31.2 Å². The maximum atomic E-state index is 3.69. The topological polar surface area (TPSA) is 15.3 Å². The zero-order valence-electron chi connectivity index (χ0n) is 10.7. The predicted octanol–water partition coefficient (Wildman–Crippen LogP) is 2.72. The molecular formula is C15H22N2. The molecule has 1 aromatic rings. The summed E-state index contributed by atoms with van der Waals surface area (Å²) in [6.45, 7) is 4.45. The number of fused-ring (bicyclic) bond motifs is 1. The van der Waals surface area contributed by atoms with Crippen molar-refractivity contribution in [1.29, 1.82) is 0 Å². The van der Waals surface area contributed by atoms with Crippen molar-refractivity contribution in [3.8, 4) is 0 Å². The second kappa shape index (κ2) is 4.69. The number of hydrogen-bond donors (Lipinski definition) is 1. The van der Waals surface area contributed by atoms with Crippen LogP contribution in [0.5, 0.6) is 0 Å². The molecule has 0 aromatic heterocycles. The number of piperazine rings is 1. The number of aryl methyl sites for hydroxylation is 1. The molecule has 0 bridgehead atoms. The number of nitrogens with zero attached hydrogens (tertiary/aromatic N) is 1. The Labute approximate surface area is 104 Å². The Morgan fingerprint density at radius 2 is 1.88 bits per heavy atom. The van der Waals surface area contributed by atoms with Gasteiger partial charge in [-0.15, -0.1) is 0 Å². The highest BCUT2D eigenvalue weighted by Gasteiger charge is 2.32. The fraction of sp³-hybridized carbons (Fsp3) is 0.600. The third kappa shape index (κ3) is 2.19. The van der Waals surface area contributed by atoms with Gasteiger partial charge in [-0.25, -0.2) is 0 Å². The van der Waals surface area contributed by atoms with Gasteiger partial charge in [0.1, 0.15) is 0 Å². The number of hydrogen-bond acceptors (Lipinski definition) is 2. The largest absolute Gasteiger partial charge is 0.366 e. The minimum Gasteiger partial charge on any atom is -0.366 e. The van der Waals surface area contributed by atoms with Crippen molar-refractivity contribution in [2.45, 2.75) is 44.7 Å². The van der Waals surface area contributed by atoms with E-state index in [1.54, 1.807) is 0 Å². The highest BCUT2D eigenvalue weighted by molar-refractivity contribution is 5.49. The monoisotopic (exact) mass is 230 g/mol. The summed E-state index contributed by atoms with van der Waals surface area (Å²) in [7, 11) is 0. The van der Waals surface area contributed by atoms with Gasteiger partial charge >= 0.3 is 0 Å². The Morgan fingerprint density at radius 3 is 2.71 bits per heavy atom. The van der Waals surface area contributed by atoms with Crippen LogP contribution in [0, 0.1) is 6.92 Å². The molecule has 92 valence electrons. The summed E-state index contributed by atoms with van der Waals surface area (Å²) in [5, 5.41) is 3.69. The van der Waals surface area contributed by atoms with Crippen molar-refractivity contribution in [2.75, 3.05) is 18.0 Å². The second-order valence-electron chi connectivity index (χ2n) is 5.44. The third-order valence-electron chi connectivity index (χ3n) is 4.25. The standard InChI is InChI=1S/C15H22N2/c1-12-6-8-13(9-7-12)17-11-10-16-14-4-2-3-5-15(14)17/h6-9,14-16H,2-5,10-11H2,1H3/t14-,15-/m1/s1. The summed E-state index contributed by atoms with van der Waals surface area (Å²) in [5.74, 6) is 0. The predicted molar refractivity (Wildman–Crippen MR) is 72.6 cm³/mol. The molecular weight excluding hydrogens is 208 g/mol. The van der Waals surface area contributed by atoms with Gasteiger partial charge in [0.2, 0.25) is 0 Å². The lowest BCUT2D eigenvalue weighted by Gasteiger charge is -2.46. The molecule has 0 unspecified atom stereocenters. The molecule has 1 N–H and O–H groups in total. The number of nitrogens with one attached hydrogen (secondary N) is 1. The number of benzene rings is 1. The van der Waals surface area contributed by atoms with Gasteiger partial charge in [0.05, 0.1) is 0 Å². The zero-order chi connectivity index (χ0) is 11.7. The van der Waals surface area contributed by atoms with Crippen molar-refractivity contribution in [1.82, 2.24) is 5.32 Å². The molecule has 2 atom stereocenters. The van der Waals surface area contributed by atoms with E-state index in [0.717, 1.165) is 25.2 Å². The average molecular weight is 230 g/mol. The van der Waals surface area contributed by atoms with Gasteiger partial charge in [-0.2, -0.15) is 0 Å². The summed E-state index contributed by atoms with van der Waals surface area (Å²) in [6.07, 6.45) is 5.50. The van der Waals surface area contributed by atoms with Crippen LogP contribution in [-0.4, -0.2) is 25.2 Å². The first-order valence-electron chi connectivity index (χ1n) is 6.91. The molecule has 1 saturated carbocycles. The Balaban J connectivity index is 1.83. The highest BCUT2D eigenvalue weighted by atomic mass is 15.2. The molecule has 3 rings (SSSR count). The first kappa shape index (κ1) is 11.1. The SMILES string of the molecule is Cc1ccc(N2CCN[C@@H]3CCCC[C@H]32)cc1. The summed E-state index contributed by atoms with van der Waals surface area (Å²) >= 11 is 0. The molecule has 2 aliphatic rings. The zero-order valence-corrected chi connectivity index (χ0v) is 10.7. The van der Waals surface area contributed by atoms with Gasteiger partial charge in [-0.05, 0) is 31.9 Å². The average Bonchev–Trinajstić information content (AvgIpc) is 2.39. The fourth-order valence-corrected chi connectivity index (χ4v) is 3.32. The van der Waals surface area contributed by atoms with Gasteiger partial charge in [0.15, 0.2) is 0 Å². The van der Waals surface area contributed by atoms with E-state index in [1.165, 1.54) is 36.9 Å². The molecule has 1 aliphatic heterocycles. The van der Waals surface area contributed by atoms with Gasteiger partial charge < -0.3 is 10.2 Å². The first-order valence-corrected chi connectivity index (χ1v) is 6.91. The fourth-order valence-electron chi connectivity index (χ4n) is 3.32. The quantitative estimate of drug-likeness (QED) is 0.798.